The number of benzene rings is 1. The molecule has 0 heterocycles. The zero-order chi connectivity index (χ0) is 13.2. The Kier molecular flexibility index (Phi) is 4.55. The zero-order valence-corrected chi connectivity index (χ0v) is 11.8. The molecule has 0 amide bonds. The van der Waals surface area contributed by atoms with Gasteiger partial charge in [0.25, 0.3) is 0 Å². The van der Waals surface area contributed by atoms with Crippen molar-refractivity contribution in [2.45, 2.75) is 40.0 Å². The van der Waals surface area contributed by atoms with Gasteiger partial charge in [-0.15, -0.1) is 0 Å². The van der Waals surface area contributed by atoms with E-state index in [0.29, 0.717) is 5.92 Å². The van der Waals surface area contributed by atoms with E-state index in [4.69, 9.17) is 0 Å². The zero-order valence-electron chi connectivity index (χ0n) is 11.8. The summed E-state index contributed by atoms with van der Waals surface area (Å²) >= 11 is 0. The maximum atomic E-state index is 14.0. The summed E-state index contributed by atoms with van der Waals surface area (Å²) in [6.45, 7) is 8.38. The van der Waals surface area contributed by atoms with Crippen LogP contribution in [0.4, 0.5) is 10.1 Å². The second kappa shape index (κ2) is 5.52. The molecule has 0 N–H and O–H groups in total. The molecule has 1 rings (SSSR count). The minimum Gasteiger partial charge on any atom is -0.377 e. The number of halogens is 1. The lowest BCUT2D eigenvalue weighted by atomic mass is 9.95. The second-order valence-corrected chi connectivity index (χ2v) is 5.65. The van der Waals surface area contributed by atoms with Gasteiger partial charge in [0.1, 0.15) is 5.82 Å². The quantitative estimate of drug-likeness (QED) is 0.758. The molecule has 1 aromatic rings. The molecule has 96 valence electrons. The summed E-state index contributed by atoms with van der Waals surface area (Å²) in [6, 6.07) is 3.71. The first-order chi connectivity index (χ1) is 7.82. The lowest BCUT2D eigenvalue weighted by molar-refractivity contribution is 0.589. The average molecular weight is 237 g/mol. The van der Waals surface area contributed by atoms with Crippen LogP contribution in [0, 0.1) is 11.7 Å². The molecule has 0 unspecified atom stereocenters. The van der Waals surface area contributed by atoms with Crippen LogP contribution in [0.1, 0.15) is 44.7 Å². The first kappa shape index (κ1) is 14.0. The summed E-state index contributed by atoms with van der Waals surface area (Å²) in [5.74, 6) is 0.695. The lowest BCUT2D eigenvalue weighted by Crippen LogP contribution is -2.14. The molecule has 0 aromatic heterocycles. The summed E-state index contributed by atoms with van der Waals surface area (Å²) in [5.41, 5.74) is 3.05. The lowest BCUT2D eigenvalue weighted by Gasteiger charge is -2.21. The number of anilines is 1. The third kappa shape index (κ3) is 3.45. The topological polar surface area (TPSA) is 3.24 Å². The van der Waals surface area contributed by atoms with E-state index >= 15 is 0 Å². The molecule has 2 heteroatoms. The molecule has 0 fully saturated rings. The van der Waals surface area contributed by atoms with Crippen LogP contribution in [0.5, 0.6) is 0 Å². The van der Waals surface area contributed by atoms with Gasteiger partial charge < -0.3 is 4.90 Å². The van der Waals surface area contributed by atoms with E-state index in [1.807, 2.05) is 34.0 Å². The van der Waals surface area contributed by atoms with E-state index in [2.05, 4.69) is 18.7 Å². The van der Waals surface area contributed by atoms with Gasteiger partial charge >= 0.3 is 0 Å². The number of rotatable bonds is 4. The fourth-order valence-corrected chi connectivity index (χ4v) is 2.08. The summed E-state index contributed by atoms with van der Waals surface area (Å²) in [6.07, 6.45) is 0.919. The minimum absolute atomic E-state index is 0.0683. The van der Waals surface area contributed by atoms with Crippen LogP contribution in [-0.4, -0.2) is 14.1 Å². The van der Waals surface area contributed by atoms with Crippen LogP contribution < -0.4 is 4.90 Å². The predicted octanol–water partition coefficient (Wildman–Crippen LogP) is 4.21. The molecule has 0 bridgehead atoms. The first-order valence-corrected chi connectivity index (χ1v) is 6.32. The van der Waals surface area contributed by atoms with Crippen molar-refractivity contribution in [2.75, 3.05) is 19.0 Å². The Morgan fingerprint density at radius 3 is 2.12 bits per heavy atom. The second-order valence-electron chi connectivity index (χ2n) is 5.65. The van der Waals surface area contributed by atoms with Crippen molar-refractivity contribution in [3.8, 4) is 0 Å². The van der Waals surface area contributed by atoms with E-state index in [1.54, 1.807) is 6.07 Å². The van der Waals surface area contributed by atoms with E-state index in [-0.39, 0.29) is 11.7 Å². The van der Waals surface area contributed by atoms with Gasteiger partial charge in [-0.1, -0.05) is 27.7 Å². The summed E-state index contributed by atoms with van der Waals surface area (Å²) < 4.78 is 14.0. The van der Waals surface area contributed by atoms with Gasteiger partial charge in [0.2, 0.25) is 0 Å². The average Bonchev–Trinajstić information content (AvgIpc) is 2.15. The van der Waals surface area contributed by atoms with Crippen LogP contribution in [0.3, 0.4) is 0 Å². The SMILES string of the molecule is CC(C)Cc1cc(F)c(C(C)C)cc1N(C)C. The Morgan fingerprint density at radius 2 is 1.71 bits per heavy atom. The van der Waals surface area contributed by atoms with E-state index < -0.39 is 0 Å². The maximum absolute atomic E-state index is 14.0. The summed E-state index contributed by atoms with van der Waals surface area (Å²) in [4.78, 5) is 2.07. The van der Waals surface area contributed by atoms with Crippen molar-refractivity contribution in [1.29, 1.82) is 0 Å². The Morgan fingerprint density at radius 1 is 1.12 bits per heavy atom. The highest BCUT2D eigenvalue weighted by Gasteiger charge is 2.14. The molecule has 0 saturated carbocycles. The standard InChI is InChI=1S/C15H24FN/c1-10(2)7-12-8-14(16)13(11(3)4)9-15(12)17(5)6/h8-11H,7H2,1-6H3. The third-order valence-corrected chi connectivity index (χ3v) is 2.93. The number of hydrogen-bond donors (Lipinski definition) is 0. The van der Waals surface area contributed by atoms with Gasteiger partial charge in [0.15, 0.2) is 0 Å². The monoisotopic (exact) mass is 237 g/mol. The van der Waals surface area contributed by atoms with Gasteiger partial charge in [-0.25, -0.2) is 4.39 Å². The highest BCUT2D eigenvalue weighted by molar-refractivity contribution is 5.55. The number of hydrogen-bond acceptors (Lipinski definition) is 1. The first-order valence-electron chi connectivity index (χ1n) is 6.32. The van der Waals surface area contributed by atoms with Crippen LogP contribution in [0.2, 0.25) is 0 Å². The highest BCUT2D eigenvalue weighted by Crippen LogP contribution is 2.29. The van der Waals surface area contributed by atoms with Gasteiger partial charge in [-0.2, -0.15) is 0 Å². The Bertz CT molecular complexity index is 381. The normalized spacial score (nSPS) is 11.4. The van der Waals surface area contributed by atoms with Crippen LogP contribution in [0.25, 0.3) is 0 Å². The third-order valence-electron chi connectivity index (χ3n) is 2.93. The molecular formula is C15H24FN. The van der Waals surface area contributed by atoms with E-state index in [1.165, 1.54) is 0 Å². The van der Waals surface area contributed by atoms with E-state index in [9.17, 15) is 4.39 Å². The molecule has 0 aliphatic carbocycles. The largest absolute Gasteiger partial charge is 0.377 e. The fraction of sp³-hybridized carbons (Fsp3) is 0.600. The van der Waals surface area contributed by atoms with Crippen LogP contribution >= 0.6 is 0 Å². The van der Waals surface area contributed by atoms with Crippen molar-refractivity contribution in [3.63, 3.8) is 0 Å². The van der Waals surface area contributed by atoms with Gasteiger partial charge in [0.05, 0.1) is 0 Å². The van der Waals surface area contributed by atoms with Crippen molar-refractivity contribution in [3.05, 3.63) is 29.1 Å². The summed E-state index contributed by atoms with van der Waals surface area (Å²) in [7, 11) is 4.03. The maximum Gasteiger partial charge on any atom is 0.127 e. The number of nitrogens with zero attached hydrogens (tertiary/aromatic N) is 1. The Balaban J connectivity index is 3.25. The highest BCUT2D eigenvalue weighted by atomic mass is 19.1. The molecule has 0 atom stereocenters. The molecule has 1 aromatic carbocycles. The molecule has 0 aliphatic rings. The van der Waals surface area contributed by atoms with Crippen molar-refractivity contribution < 1.29 is 4.39 Å². The molecule has 0 spiro atoms. The summed E-state index contributed by atoms with van der Waals surface area (Å²) in [5, 5.41) is 0. The molecule has 0 radical (unpaired) electrons. The van der Waals surface area contributed by atoms with Crippen LogP contribution in [0.15, 0.2) is 12.1 Å². The molecular weight excluding hydrogens is 213 g/mol. The molecule has 1 nitrogen and oxygen atoms in total. The smallest absolute Gasteiger partial charge is 0.127 e. The fourth-order valence-electron chi connectivity index (χ4n) is 2.08. The molecule has 0 aliphatic heterocycles. The van der Waals surface area contributed by atoms with Crippen molar-refractivity contribution >= 4 is 5.69 Å². The van der Waals surface area contributed by atoms with Gasteiger partial charge in [0, 0.05) is 19.8 Å². The Labute approximate surface area is 105 Å². The van der Waals surface area contributed by atoms with E-state index in [0.717, 1.165) is 23.2 Å². The van der Waals surface area contributed by atoms with Crippen molar-refractivity contribution in [2.24, 2.45) is 5.92 Å². The minimum atomic E-state index is -0.0683. The van der Waals surface area contributed by atoms with Gasteiger partial charge in [-0.3, -0.25) is 0 Å². The Hall–Kier alpha value is -1.05. The molecule has 17 heavy (non-hydrogen) atoms. The predicted molar refractivity (Wildman–Crippen MR) is 73.4 cm³/mol. The van der Waals surface area contributed by atoms with Crippen LogP contribution in [-0.2, 0) is 6.42 Å². The van der Waals surface area contributed by atoms with Gasteiger partial charge in [-0.05, 0) is 41.5 Å². The molecule has 0 saturated heterocycles. The van der Waals surface area contributed by atoms with Crippen molar-refractivity contribution in [1.82, 2.24) is 0 Å².